The molecule has 2 nitrogen and oxygen atoms in total. The molecular formula is C27H23NO. The van der Waals surface area contributed by atoms with E-state index in [4.69, 9.17) is 0 Å². The summed E-state index contributed by atoms with van der Waals surface area (Å²) in [6, 6.07) is 22.6. The van der Waals surface area contributed by atoms with Gasteiger partial charge >= 0.3 is 0 Å². The smallest absolute Gasteiger partial charge is 0.123 e. The van der Waals surface area contributed by atoms with E-state index in [1.165, 1.54) is 22.4 Å². The summed E-state index contributed by atoms with van der Waals surface area (Å²) >= 11 is 0. The quantitative estimate of drug-likeness (QED) is 0.541. The van der Waals surface area contributed by atoms with Crippen molar-refractivity contribution in [1.29, 1.82) is 0 Å². The third-order valence-corrected chi connectivity index (χ3v) is 6.10. The predicted octanol–water partition coefficient (Wildman–Crippen LogP) is 6.40. The number of phenolic OH excluding ortho intramolecular Hbond substituents is 1. The maximum Gasteiger partial charge on any atom is 0.123 e. The van der Waals surface area contributed by atoms with Gasteiger partial charge in [0.1, 0.15) is 5.75 Å². The Balaban J connectivity index is 1.61. The first-order valence-corrected chi connectivity index (χ1v) is 9.99. The highest BCUT2D eigenvalue weighted by molar-refractivity contribution is 5.81. The maximum atomic E-state index is 10.2. The Hall–Kier alpha value is -3.52. The molecule has 142 valence electrons. The molecule has 3 aromatic rings. The second-order valence-electron chi connectivity index (χ2n) is 7.92. The molecule has 0 amide bonds. The van der Waals surface area contributed by atoms with E-state index in [0.717, 1.165) is 23.1 Å². The van der Waals surface area contributed by atoms with Crippen molar-refractivity contribution in [2.75, 3.05) is 0 Å². The second kappa shape index (κ2) is 6.82. The standard InChI is InChI=1S/C27H23NO/c1-27-15-5-4-11-26(27)28-16-14-21-18-22(27)12-13-23(21)19-7-6-8-20(17-19)24-9-2-3-10-25(24)29/h2-14,16-18,28-29H,15H2,1H3/b16-14-. The van der Waals surface area contributed by atoms with Crippen LogP contribution in [-0.4, -0.2) is 5.11 Å². The fourth-order valence-corrected chi connectivity index (χ4v) is 4.34. The average Bonchev–Trinajstić information content (AvgIpc) is 2.75. The highest BCUT2D eigenvalue weighted by Gasteiger charge is 2.32. The van der Waals surface area contributed by atoms with Crippen molar-refractivity contribution in [1.82, 2.24) is 5.32 Å². The first-order chi connectivity index (χ1) is 14.1. The summed E-state index contributed by atoms with van der Waals surface area (Å²) in [6.07, 6.45) is 11.7. The molecule has 0 aromatic heterocycles. The average molecular weight is 377 g/mol. The van der Waals surface area contributed by atoms with Crippen molar-refractivity contribution in [2.24, 2.45) is 0 Å². The molecular weight excluding hydrogens is 354 g/mol. The number of phenols is 1. The first kappa shape index (κ1) is 17.6. The summed E-state index contributed by atoms with van der Waals surface area (Å²) in [4.78, 5) is 0. The van der Waals surface area contributed by atoms with Gasteiger partial charge < -0.3 is 10.4 Å². The van der Waals surface area contributed by atoms with E-state index in [9.17, 15) is 5.11 Å². The maximum absolute atomic E-state index is 10.2. The van der Waals surface area contributed by atoms with Gasteiger partial charge in [-0.1, -0.05) is 66.7 Å². The second-order valence-corrected chi connectivity index (χ2v) is 7.92. The van der Waals surface area contributed by atoms with E-state index >= 15 is 0 Å². The Morgan fingerprint density at radius 3 is 2.59 bits per heavy atom. The van der Waals surface area contributed by atoms with Gasteiger partial charge in [0.15, 0.2) is 0 Å². The molecule has 29 heavy (non-hydrogen) atoms. The number of fused-ring (bicyclic) bond motifs is 4. The minimum atomic E-state index is -0.0372. The van der Waals surface area contributed by atoms with E-state index in [0.29, 0.717) is 5.75 Å². The molecule has 1 atom stereocenters. The van der Waals surface area contributed by atoms with Crippen LogP contribution in [0.1, 0.15) is 24.5 Å². The van der Waals surface area contributed by atoms with Crippen LogP contribution < -0.4 is 5.32 Å². The Bertz CT molecular complexity index is 1180. The molecule has 0 spiro atoms. The van der Waals surface area contributed by atoms with Crippen LogP contribution in [0.15, 0.2) is 96.9 Å². The van der Waals surface area contributed by atoms with Crippen molar-refractivity contribution >= 4 is 6.08 Å². The predicted molar refractivity (Wildman–Crippen MR) is 120 cm³/mol. The summed E-state index contributed by atoms with van der Waals surface area (Å²) in [6.45, 7) is 2.30. The van der Waals surface area contributed by atoms with E-state index in [2.05, 4.69) is 72.9 Å². The number of nitrogens with one attached hydrogen (secondary N) is 1. The number of hydrogen-bond donors (Lipinski definition) is 2. The van der Waals surface area contributed by atoms with E-state index < -0.39 is 0 Å². The number of aromatic hydroxyl groups is 1. The van der Waals surface area contributed by atoms with Gasteiger partial charge in [-0.15, -0.1) is 0 Å². The van der Waals surface area contributed by atoms with Crippen LogP contribution in [0.5, 0.6) is 5.75 Å². The molecule has 0 saturated carbocycles. The van der Waals surface area contributed by atoms with Crippen molar-refractivity contribution in [3.05, 3.63) is 108 Å². The number of hydrogen-bond acceptors (Lipinski definition) is 2. The lowest BCUT2D eigenvalue weighted by atomic mass is 9.73. The Morgan fingerprint density at radius 1 is 0.897 bits per heavy atom. The Morgan fingerprint density at radius 2 is 1.72 bits per heavy atom. The van der Waals surface area contributed by atoms with Crippen LogP contribution >= 0.6 is 0 Å². The number of allylic oxidation sites excluding steroid dienone is 4. The molecule has 0 fully saturated rings. The molecule has 2 N–H and O–H groups in total. The topological polar surface area (TPSA) is 32.3 Å². The molecule has 2 heteroatoms. The zero-order valence-electron chi connectivity index (χ0n) is 16.4. The van der Waals surface area contributed by atoms with Gasteiger partial charge in [0.05, 0.1) is 0 Å². The van der Waals surface area contributed by atoms with Gasteiger partial charge in [-0.05, 0) is 65.4 Å². The zero-order valence-corrected chi connectivity index (χ0v) is 16.4. The molecule has 5 rings (SSSR count). The fraction of sp³-hybridized carbons (Fsp3) is 0.111. The van der Waals surface area contributed by atoms with Crippen molar-refractivity contribution in [3.8, 4) is 28.0 Å². The van der Waals surface area contributed by atoms with Crippen molar-refractivity contribution in [3.63, 3.8) is 0 Å². The summed E-state index contributed by atoms with van der Waals surface area (Å²) in [7, 11) is 0. The van der Waals surface area contributed by atoms with Gasteiger partial charge in [-0.25, -0.2) is 0 Å². The summed E-state index contributed by atoms with van der Waals surface area (Å²) in [5.74, 6) is 0.302. The van der Waals surface area contributed by atoms with Crippen LogP contribution in [0.4, 0.5) is 0 Å². The minimum absolute atomic E-state index is 0.0372. The lowest BCUT2D eigenvalue weighted by Gasteiger charge is -2.35. The van der Waals surface area contributed by atoms with E-state index in [-0.39, 0.29) is 5.41 Å². The monoisotopic (exact) mass is 377 g/mol. The van der Waals surface area contributed by atoms with Crippen LogP contribution in [0.25, 0.3) is 28.3 Å². The summed E-state index contributed by atoms with van der Waals surface area (Å²) in [5.41, 5.74) is 7.90. The van der Waals surface area contributed by atoms with Crippen molar-refractivity contribution in [2.45, 2.75) is 18.8 Å². The Labute approximate surface area is 171 Å². The number of para-hydroxylation sites is 1. The van der Waals surface area contributed by atoms with Crippen LogP contribution in [0.3, 0.4) is 0 Å². The third-order valence-electron chi connectivity index (χ3n) is 6.10. The van der Waals surface area contributed by atoms with Crippen LogP contribution in [0.2, 0.25) is 0 Å². The van der Waals surface area contributed by atoms with Crippen molar-refractivity contribution < 1.29 is 5.11 Å². The molecule has 1 aliphatic carbocycles. The fourth-order valence-electron chi connectivity index (χ4n) is 4.34. The van der Waals surface area contributed by atoms with Crippen LogP contribution in [-0.2, 0) is 5.41 Å². The SMILES string of the molecule is CC12CC=CC=C1N/C=C\c1cc2ccc1-c1cccc(-c2ccccc2O)c1. The third kappa shape index (κ3) is 2.98. The molecule has 3 aromatic carbocycles. The largest absolute Gasteiger partial charge is 0.507 e. The molecule has 1 unspecified atom stereocenters. The normalized spacial score (nSPS) is 20.7. The molecule has 1 heterocycles. The number of benzene rings is 3. The van der Waals surface area contributed by atoms with Gasteiger partial charge in [-0.3, -0.25) is 0 Å². The Kier molecular flexibility index (Phi) is 4.13. The lowest BCUT2D eigenvalue weighted by Crippen LogP contribution is -2.32. The molecule has 0 radical (unpaired) electrons. The lowest BCUT2D eigenvalue weighted by molar-refractivity contribution is 0.477. The van der Waals surface area contributed by atoms with E-state index in [1.807, 2.05) is 30.5 Å². The zero-order chi connectivity index (χ0) is 19.8. The van der Waals surface area contributed by atoms with E-state index in [1.54, 1.807) is 6.07 Å². The van der Waals surface area contributed by atoms with Crippen LogP contribution in [0, 0.1) is 0 Å². The summed E-state index contributed by atoms with van der Waals surface area (Å²) in [5, 5.41) is 13.7. The highest BCUT2D eigenvalue weighted by Crippen LogP contribution is 2.41. The highest BCUT2D eigenvalue weighted by atomic mass is 16.3. The first-order valence-electron chi connectivity index (χ1n) is 9.99. The molecule has 1 aliphatic heterocycles. The number of rotatable bonds is 2. The summed E-state index contributed by atoms with van der Waals surface area (Å²) < 4.78 is 0. The minimum Gasteiger partial charge on any atom is -0.507 e. The molecule has 2 aliphatic rings. The van der Waals surface area contributed by atoms with Gasteiger partial charge in [0, 0.05) is 22.9 Å². The molecule has 0 saturated heterocycles. The van der Waals surface area contributed by atoms with Gasteiger partial charge in [0.2, 0.25) is 0 Å². The van der Waals surface area contributed by atoms with Gasteiger partial charge in [-0.2, -0.15) is 0 Å². The molecule has 2 bridgehead atoms. The van der Waals surface area contributed by atoms with Gasteiger partial charge in [0.25, 0.3) is 0 Å².